The largest absolute Gasteiger partial charge is 0.367 e. The topological polar surface area (TPSA) is 62.1 Å². The van der Waals surface area contributed by atoms with Gasteiger partial charge in [-0.15, -0.1) is 0 Å². The molecule has 1 N–H and O–H groups in total. The van der Waals surface area contributed by atoms with Crippen LogP contribution in [0.2, 0.25) is 0 Å². The minimum absolute atomic E-state index is 0.202. The standard InChI is InChI=1S/C23H19FN2O2/c1-28-22(23(27)26-15-17-12-10-16(14-25)11-13-17)21-19(8-5-9-20(21)24)18-6-3-2-4-7-18/h2-13,22H,15H2,1H3,(H,26,27)/t22-/m0/s1. The van der Waals surface area contributed by atoms with Gasteiger partial charge in [-0.1, -0.05) is 54.6 Å². The number of hydrogen-bond donors (Lipinski definition) is 1. The van der Waals surface area contributed by atoms with E-state index in [1.165, 1.54) is 13.2 Å². The molecule has 0 aromatic heterocycles. The molecular formula is C23H19FN2O2. The first-order valence-electron chi connectivity index (χ1n) is 8.77. The van der Waals surface area contributed by atoms with Gasteiger partial charge in [-0.05, 0) is 34.9 Å². The molecule has 0 heterocycles. The second-order valence-electron chi connectivity index (χ2n) is 6.21. The maximum Gasteiger partial charge on any atom is 0.254 e. The molecule has 0 aliphatic rings. The second kappa shape index (κ2) is 8.94. The van der Waals surface area contributed by atoms with E-state index in [-0.39, 0.29) is 12.1 Å². The summed E-state index contributed by atoms with van der Waals surface area (Å²) in [6.07, 6.45) is -1.09. The summed E-state index contributed by atoms with van der Waals surface area (Å²) >= 11 is 0. The number of halogens is 1. The normalized spacial score (nSPS) is 11.5. The number of carbonyl (C=O) groups excluding carboxylic acids is 1. The average Bonchev–Trinajstić information content (AvgIpc) is 2.74. The highest BCUT2D eigenvalue weighted by molar-refractivity contribution is 5.85. The van der Waals surface area contributed by atoms with Crippen molar-refractivity contribution in [3.8, 4) is 17.2 Å². The molecule has 28 heavy (non-hydrogen) atoms. The third kappa shape index (κ3) is 4.25. The Bertz CT molecular complexity index is 995. The van der Waals surface area contributed by atoms with E-state index in [1.54, 1.807) is 36.4 Å². The van der Waals surface area contributed by atoms with Gasteiger partial charge in [0, 0.05) is 19.2 Å². The summed E-state index contributed by atoms with van der Waals surface area (Å²) in [5.74, 6) is -0.934. The molecule has 3 aromatic carbocycles. The molecule has 0 saturated heterocycles. The number of nitrogens with zero attached hydrogens (tertiary/aromatic N) is 1. The zero-order chi connectivity index (χ0) is 19.9. The number of nitriles is 1. The summed E-state index contributed by atoms with van der Waals surface area (Å²) in [7, 11) is 1.38. The third-order valence-electron chi connectivity index (χ3n) is 4.42. The van der Waals surface area contributed by atoms with E-state index in [9.17, 15) is 9.18 Å². The van der Waals surface area contributed by atoms with Crippen molar-refractivity contribution in [3.63, 3.8) is 0 Å². The lowest BCUT2D eigenvalue weighted by Gasteiger charge is -2.20. The predicted octanol–water partition coefficient (Wildman–Crippen LogP) is 4.37. The van der Waals surface area contributed by atoms with Gasteiger partial charge in [0.15, 0.2) is 6.10 Å². The summed E-state index contributed by atoms with van der Waals surface area (Å²) in [5.41, 5.74) is 3.00. The lowest BCUT2D eigenvalue weighted by atomic mass is 9.95. The van der Waals surface area contributed by atoms with Crippen LogP contribution in [-0.2, 0) is 16.1 Å². The Labute approximate surface area is 163 Å². The fraction of sp³-hybridized carbons (Fsp3) is 0.130. The molecule has 0 aliphatic heterocycles. The number of benzene rings is 3. The first-order valence-corrected chi connectivity index (χ1v) is 8.77. The lowest BCUT2D eigenvalue weighted by Crippen LogP contribution is -2.30. The first-order chi connectivity index (χ1) is 13.6. The van der Waals surface area contributed by atoms with Crippen LogP contribution in [0.4, 0.5) is 4.39 Å². The summed E-state index contributed by atoms with van der Waals surface area (Å²) in [6.45, 7) is 0.250. The maximum absolute atomic E-state index is 14.7. The average molecular weight is 374 g/mol. The van der Waals surface area contributed by atoms with Crippen molar-refractivity contribution in [2.45, 2.75) is 12.6 Å². The number of rotatable bonds is 6. The number of carbonyl (C=O) groups is 1. The molecule has 0 bridgehead atoms. The number of amides is 1. The summed E-state index contributed by atoms with van der Waals surface area (Å²) in [4.78, 5) is 12.8. The van der Waals surface area contributed by atoms with Crippen molar-refractivity contribution in [3.05, 3.63) is 95.3 Å². The van der Waals surface area contributed by atoms with Gasteiger partial charge in [0.25, 0.3) is 5.91 Å². The molecule has 3 rings (SSSR count). The molecule has 3 aromatic rings. The summed E-state index contributed by atoms with van der Waals surface area (Å²) in [5, 5.41) is 11.6. The van der Waals surface area contributed by atoms with Crippen molar-refractivity contribution in [2.75, 3.05) is 7.11 Å². The van der Waals surface area contributed by atoms with Crippen LogP contribution < -0.4 is 5.32 Å². The Hall–Kier alpha value is -3.49. The van der Waals surface area contributed by atoms with Crippen LogP contribution >= 0.6 is 0 Å². The van der Waals surface area contributed by atoms with E-state index in [0.717, 1.165) is 11.1 Å². The quantitative estimate of drug-likeness (QED) is 0.697. The Morgan fingerprint density at radius 2 is 1.79 bits per heavy atom. The third-order valence-corrected chi connectivity index (χ3v) is 4.42. The summed E-state index contributed by atoms with van der Waals surface area (Å²) < 4.78 is 20.1. The maximum atomic E-state index is 14.7. The van der Waals surface area contributed by atoms with E-state index in [4.69, 9.17) is 10.00 Å². The fourth-order valence-corrected chi connectivity index (χ4v) is 3.01. The molecule has 4 nitrogen and oxygen atoms in total. The minimum atomic E-state index is -1.09. The highest BCUT2D eigenvalue weighted by Gasteiger charge is 2.26. The van der Waals surface area contributed by atoms with E-state index in [0.29, 0.717) is 11.1 Å². The lowest BCUT2D eigenvalue weighted by molar-refractivity contribution is -0.131. The smallest absolute Gasteiger partial charge is 0.254 e. The molecule has 0 spiro atoms. The highest BCUT2D eigenvalue weighted by Crippen LogP contribution is 2.32. The predicted molar refractivity (Wildman–Crippen MR) is 105 cm³/mol. The summed E-state index contributed by atoms with van der Waals surface area (Å²) in [6, 6.07) is 23.0. The molecule has 0 aliphatic carbocycles. The van der Waals surface area contributed by atoms with Gasteiger partial charge in [-0.25, -0.2) is 4.39 Å². The van der Waals surface area contributed by atoms with Crippen LogP contribution in [0.25, 0.3) is 11.1 Å². The Morgan fingerprint density at radius 1 is 1.07 bits per heavy atom. The van der Waals surface area contributed by atoms with Crippen LogP contribution in [0.5, 0.6) is 0 Å². The van der Waals surface area contributed by atoms with Gasteiger partial charge in [0.05, 0.1) is 11.6 Å². The fourth-order valence-electron chi connectivity index (χ4n) is 3.01. The second-order valence-corrected chi connectivity index (χ2v) is 6.21. The van der Waals surface area contributed by atoms with Crippen LogP contribution in [0.3, 0.4) is 0 Å². The van der Waals surface area contributed by atoms with Crippen molar-refractivity contribution in [1.29, 1.82) is 5.26 Å². The zero-order valence-corrected chi connectivity index (χ0v) is 15.4. The zero-order valence-electron chi connectivity index (χ0n) is 15.4. The van der Waals surface area contributed by atoms with Gasteiger partial charge >= 0.3 is 0 Å². The van der Waals surface area contributed by atoms with E-state index < -0.39 is 17.8 Å². The Morgan fingerprint density at radius 3 is 2.43 bits per heavy atom. The first kappa shape index (κ1) is 19.3. The molecule has 1 amide bonds. The van der Waals surface area contributed by atoms with Gasteiger partial charge in [0.2, 0.25) is 0 Å². The van der Waals surface area contributed by atoms with Crippen molar-refractivity contribution in [1.82, 2.24) is 5.32 Å². The van der Waals surface area contributed by atoms with Crippen molar-refractivity contribution >= 4 is 5.91 Å². The van der Waals surface area contributed by atoms with E-state index >= 15 is 0 Å². The molecule has 5 heteroatoms. The number of nitrogens with one attached hydrogen (secondary N) is 1. The van der Waals surface area contributed by atoms with E-state index in [1.807, 2.05) is 36.4 Å². The molecule has 1 atom stereocenters. The molecule has 0 unspecified atom stereocenters. The van der Waals surface area contributed by atoms with Crippen LogP contribution in [-0.4, -0.2) is 13.0 Å². The van der Waals surface area contributed by atoms with Crippen molar-refractivity contribution in [2.24, 2.45) is 0 Å². The van der Waals surface area contributed by atoms with Crippen molar-refractivity contribution < 1.29 is 13.9 Å². The van der Waals surface area contributed by atoms with Gasteiger partial charge < -0.3 is 10.1 Å². The molecule has 0 fully saturated rings. The number of hydrogen-bond acceptors (Lipinski definition) is 3. The van der Waals surface area contributed by atoms with Gasteiger partial charge in [-0.2, -0.15) is 5.26 Å². The van der Waals surface area contributed by atoms with Crippen LogP contribution in [0.15, 0.2) is 72.8 Å². The Kier molecular flexibility index (Phi) is 6.15. The molecule has 0 saturated carbocycles. The van der Waals surface area contributed by atoms with Gasteiger partial charge in [-0.3, -0.25) is 4.79 Å². The van der Waals surface area contributed by atoms with Crippen LogP contribution in [0, 0.1) is 17.1 Å². The SMILES string of the molecule is CO[C@H](C(=O)NCc1ccc(C#N)cc1)c1c(F)cccc1-c1ccccc1. The monoisotopic (exact) mass is 374 g/mol. The minimum Gasteiger partial charge on any atom is -0.367 e. The van der Waals surface area contributed by atoms with Crippen LogP contribution in [0.1, 0.15) is 22.8 Å². The van der Waals surface area contributed by atoms with E-state index in [2.05, 4.69) is 5.32 Å². The number of ether oxygens (including phenoxy) is 1. The molecule has 0 radical (unpaired) electrons. The molecule has 140 valence electrons. The number of methoxy groups -OCH3 is 1. The Balaban J connectivity index is 1.84. The van der Waals surface area contributed by atoms with Gasteiger partial charge in [0.1, 0.15) is 5.82 Å². The molecular weight excluding hydrogens is 355 g/mol. The highest BCUT2D eigenvalue weighted by atomic mass is 19.1.